The fourth-order valence-corrected chi connectivity index (χ4v) is 4.95. The molecule has 126 valence electrons. The predicted octanol–water partition coefficient (Wildman–Crippen LogP) is 3.77. The molecule has 0 aliphatic heterocycles. The fourth-order valence-electron chi connectivity index (χ4n) is 2.45. The topological polar surface area (TPSA) is 90.7 Å². The van der Waals surface area contributed by atoms with Gasteiger partial charge in [0, 0.05) is 29.4 Å². The Morgan fingerprint density at radius 2 is 1.88 bits per heavy atom. The second kappa shape index (κ2) is 6.48. The minimum Gasteiger partial charge on any atom is -0.329 e. The zero-order valence-corrected chi connectivity index (χ0v) is 16.3. The predicted molar refractivity (Wildman–Crippen MR) is 103 cm³/mol. The van der Waals surface area contributed by atoms with Crippen molar-refractivity contribution in [1.29, 1.82) is 0 Å². The van der Waals surface area contributed by atoms with E-state index in [0.717, 1.165) is 25.9 Å². The van der Waals surface area contributed by atoms with E-state index >= 15 is 0 Å². The first-order valence-corrected chi connectivity index (χ1v) is 9.30. The number of halogens is 1. The number of pyridine rings is 1. The number of nitrogens with two attached hydrogens (primary N) is 2. The molecular weight excluding hydrogens is 386 g/mol. The summed E-state index contributed by atoms with van der Waals surface area (Å²) in [6, 6.07) is 3.46. The lowest BCUT2D eigenvalue weighted by atomic mass is 9.95. The monoisotopic (exact) mass is 405 g/mol. The first kappa shape index (κ1) is 17.4. The van der Waals surface area contributed by atoms with Crippen molar-refractivity contribution in [3.8, 4) is 11.4 Å². The molecule has 0 aromatic carbocycles. The Labute approximate surface area is 153 Å². The highest BCUT2D eigenvalue weighted by molar-refractivity contribution is 9.10. The van der Waals surface area contributed by atoms with Crippen molar-refractivity contribution in [3.63, 3.8) is 0 Å². The lowest BCUT2D eigenvalue weighted by Crippen LogP contribution is -2.22. The maximum absolute atomic E-state index is 6.24. The van der Waals surface area contributed by atoms with Gasteiger partial charge >= 0.3 is 0 Å². The van der Waals surface area contributed by atoms with E-state index in [1.54, 1.807) is 23.7 Å². The molecule has 0 bridgehead atoms. The summed E-state index contributed by atoms with van der Waals surface area (Å²) in [4.78, 5) is 14.8. The molecule has 0 fully saturated rings. The Morgan fingerprint density at radius 3 is 2.46 bits per heavy atom. The molecule has 3 aromatic rings. The Morgan fingerprint density at radius 1 is 1.21 bits per heavy atom. The fraction of sp³-hybridized carbons (Fsp3) is 0.353. The lowest BCUT2D eigenvalue weighted by molar-refractivity contribution is 0.601. The molecule has 0 amide bonds. The molecule has 3 aromatic heterocycles. The standard InChI is InChI=1S/C17H20BrN5S/c1-17(2,3)15-11(18)13-14(24-15)12(10(20)8-19)22-16(23-13)9-4-6-21-7-5-9/h4-7,10H,8,19-20H2,1-3H3. The Bertz CT molecular complexity index is 870. The van der Waals surface area contributed by atoms with Gasteiger partial charge in [0.2, 0.25) is 0 Å². The number of thiophene rings is 1. The van der Waals surface area contributed by atoms with Crippen molar-refractivity contribution in [2.75, 3.05) is 6.54 Å². The highest BCUT2D eigenvalue weighted by Crippen LogP contribution is 2.43. The minimum atomic E-state index is -0.325. The van der Waals surface area contributed by atoms with Crippen LogP contribution in [0.1, 0.15) is 37.4 Å². The molecule has 1 unspecified atom stereocenters. The summed E-state index contributed by atoms with van der Waals surface area (Å²) in [6.45, 7) is 6.88. The van der Waals surface area contributed by atoms with Crippen LogP contribution < -0.4 is 11.5 Å². The quantitative estimate of drug-likeness (QED) is 0.691. The third-order valence-electron chi connectivity index (χ3n) is 3.73. The number of fused-ring (bicyclic) bond motifs is 1. The first-order chi connectivity index (χ1) is 11.3. The SMILES string of the molecule is CC(C)(C)c1sc2c(C(N)CN)nc(-c3ccncc3)nc2c1Br. The van der Waals surface area contributed by atoms with Crippen LogP contribution in [-0.4, -0.2) is 21.5 Å². The van der Waals surface area contributed by atoms with Crippen molar-refractivity contribution < 1.29 is 0 Å². The molecule has 0 spiro atoms. The molecule has 3 heterocycles. The number of aromatic nitrogens is 3. The summed E-state index contributed by atoms with van der Waals surface area (Å²) < 4.78 is 2.01. The zero-order chi connectivity index (χ0) is 17.5. The molecular formula is C17H20BrN5S. The zero-order valence-electron chi connectivity index (χ0n) is 13.9. The van der Waals surface area contributed by atoms with E-state index in [1.807, 2.05) is 12.1 Å². The van der Waals surface area contributed by atoms with Crippen LogP contribution in [0.25, 0.3) is 21.6 Å². The average Bonchev–Trinajstić information content (AvgIpc) is 2.91. The Hall–Kier alpha value is -1.41. The molecule has 24 heavy (non-hydrogen) atoms. The van der Waals surface area contributed by atoms with Crippen molar-refractivity contribution in [3.05, 3.63) is 39.6 Å². The van der Waals surface area contributed by atoms with E-state index in [-0.39, 0.29) is 11.5 Å². The normalized spacial score (nSPS) is 13.4. The molecule has 5 nitrogen and oxygen atoms in total. The Kier molecular flexibility index (Phi) is 4.70. The molecule has 0 aliphatic rings. The number of hydrogen-bond donors (Lipinski definition) is 2. The van der Waals surface area contributed by atoms with Crippen LogP contribution in [-0.2, 0) is 5.41 Å². The molecule has 0 radical (unpaired) electrons. The maximum Gasteiger partial charge on any atom is 0.160 e. The minimum absolute atomic E-state index is 0.00507. The van der Waals surface area contributed by atoms with E-state index in [1.165, 1.54) is 4.88 Å². The van der Waals surface area contributed by atoms with Gasteiger partial charge in [-0.15, -0.1) is 11.3 Å². The highest BCUT2D eigenvalue weighted by Gasteiger charge is 2.26. The van der Waals surface area contributed by atoms with Gasteiger partial charge in [0.25, 0.3) is 0 Å². The number of nitrogens with zero attached hydrogens (tertiary/aromatic N) is 3. The van der Waals surface area contributed by atoms with Crippen LogP contribution in [0.15, 0.2) is 29.0 Å². The van der Waals surface area contributed by atoms with Gasteiger partial charge in [-0.3, -0.25) is 4.98 Å². The van der Waals surface area contributed by atoms with Gasteiger partial charge in [0.1, 0.15) is 0 Å². The smallest absolute Gasteiger partial charge is 0.160 e. The van der Waals surface area contributed by atoms with Crippen LogP contribution in [0, 0.1) is 0 Å². The van der Waals surface area contributed by atoms with Crippen LogP contribution in [0.4, 0.5) is 0 Å². The summed E-state index contributed by atoms with van der Waals surface area (Å²) >= 11 is 5.42. The Balaban J connectivity index is 2.33. The number of hydrogen-bond acceptors (Lipinski definition) is 6. The molecule has 0 saturated heterocycles. The van der Waals surface area contributed by atoms with Gasteiger partial charge in [-0.1, -0.05) is 20.8 Å². The van der Waals surface area contributed by atoms with Gasteiger partial charge in [0.05, 0.1) is 26.4 Å². The molecule has 3 rings (SSSR count). The van der Waals surface area contributed by atoms with Crippen LogP contribution in [0.2, 0.25) is 0 Å². The molecule has 0 saturated carbocycles. The van der Waals surface area contributed by atoms with Gasteiger partial charge in [-0.2, -0.15) is 0 Å². The summed E-state index contributed by atoms with van der Waals surface area (Å²) in [5.74, 6) is 0.641. The maximum atomic E-state index is 6.24. The van der Waals surface area contributed by atoms with E-state index in [0.29, 0.717) is 12.4 Å². The third kappa shape index (κ3) is 3.09. The van der Waals surface area contributed by atoms with E-state index in [4.69, 9.17) is 21.4 Å². The van der Waals surface area contributed by atoms with Crippen molar-refractivity contribution >= 4 is 37.5 Å². The second-order valence-corrected chi connectivity index (χ2v) is 8.50. The van der Waals surface area contributed by atoms with E-state index in [2.05, 4.69) is 41.7 Å². The third-order valence-corrected chi connectivity index (χ3v) is 6.39. The van der Waals surface area contributed by atoms with Crippen LogP contribution >= 0.6 is 27.3 Å². The second-order valence-electron chi connectivity index (χ2n) is 6.68. The number of rotatable bonds is 3. The van der Waals surface area contributed by atoms with E-state index in [9.17, 15) is 0 Å². The van der Waals surface area contributed by atoms with Crippen molar-refractivity contribution in [1.82, 2.24) is 15.0 Å². The van der Waals surface area contributed by atoms with Crippen LogP contribution in [0.5, 0.6) is 0 Å². The average molecular weight is 406 g/mol. The van der Waals surface area contributed by atoms with Gasteiger partial charge in [0.15, 0.2) is 5.82 Å². The molecule has 1 atom stereocenters. The summed E-state index contributed by atoms with van der Waals surface area (Å²) in [5.41, 5.74) is 14.7. The van der Waals surface area contributed by atoms with Gasteiger partial charge < -0.3 is 11.5 Å². The molecule has 7 heteroatoms. The summed E-state index contributed by atoms with van der Waals surface area (Å²) in [7, 11) is 0. The molecule has 0 aliphatic carbocycles. The van der Waals surface area contributed by atoms with Crippen molar-refractivity contribution in [2.45, 2.75) is 32.2 Å². The highest BCUT2D eigenvalue weighted by atomic mass is 79.9. The lowest BCUT2D eigenvalue weighted by Gasteiger charge is -2.16. The van der Waals surface area contributed by atoms with Crippen molar-refractivity contribution in [2.24, 2.45) is 11.5 Å². The van der Waals surface area contributed by atoms with Crippen LogP contribution in [0.3, 0.4) is 0 Å². The van der Waals surface area contributed by atoms with E-state index < -0.39 is 0 Å². The summed E-state index contributed by atoms with van der Waals surface area (Å²) in [6.07, 6.45) is 3.46. The van der Waals surface area contributed by atoms with Gasteiger partial charge in [-0.25, -0.2) is 9.97 Å². The summed E-state index contributed by atoms with van der Waals surface area (Å²) in [5, 5.41) is 0. The largest absolute Gasteiger partial charge is 0.329 e. The van der Waals surface area contributed by atoms with Gasteiger partial charge in [-0.05, 0) is 33.5 Å². The molecule has 4 N–H and O–H groups in total. The first-order valence-electron chi connectivity index (χ1n) is 7.69.